The van der Waals surface area contributed by atoms with Crippen LogP contribution in [0, 0.1) is 23.8 Å². The SMILES string of the molecule is O=[N+]([O-])c1ccc(Oc2ccc(I(=O)=O)cc2)c([N+](=O)[O-])c1. The third-order valence-electron chi connectivity index (χ3n) is 2.57. The summed E-state index contributed by atoms with van der Waals surface area (Å²) in [5.41, 5.74) is -0.985. The zero-order valence-corrected chi connectivity index (χ0v) is 12.8. The van der Waals surface area contributed by atoms with Crippen LogP contribution in [0.4, 0.5) is 11.4 Å². The number of hydrogen-bond donors (Lipinski definition) is 0. The summed E-state index contributed by atoms with van der Waals surface area (Å²) in [6, 6.07) is 8.32. The molecule has 0 unspecified atom stereocenters. The molecule has 0 heterocycles. The summed E-state index contributed by atoms with van der Waals surface area (Å²) in [4.78, 5) is 20.0. The zero-order chi connectivity index (χ0) is 16.3. The Morgan fingerprint density at radius 2 is 1.55 bits per heavy atom. The Bertz CT molecular complexity index is 807. The lowest BCUT2D eigenvalue weighted by atomic mass is 10.2. The van der Waals surface area contributed by atoms with Crippen LogP contribution in [0.25, 0.3) is 0 Å². The van der Waals surface area contributed by atoms with E-state index in [-0.39, 0.29) is 15.1 Å². The molecule has 0 spiro atoms. The second-order valence-electron chi connectivity index (χ2n) is 3.94. The summed E-state index contributed by atoms with van der Waals surface area (Å²) < 4.78 is 27.2. The lowest BCUT2D eigenvalue weighted by molar-refractivity contribution is -0.394. The predicted octanol–water partition coefficient (Wildman–Crippen LogP) is 3.66. The minimum absolute atomic E-state index is 0.162. The highest BCUT2D eigenvalue weighted by Gasteiger charge is 2.21. The molecular weight excluding hydrogens is 411 g/mol. The van der Waals surface area contributed by atoms with E-state index in [2.05, 4.69) is 0 Å². The first-order valence-electron chi connectivity index (χ1n) is 5.64. The summed E-state index contributed by atoms with van der Waals surface area (Å²) in [5.74, 6) is 0.00128. The smallest absolute Gasteiger partial charge is 0.340 e. The predicted molar refractivity (Wildman–Crippen MR) is 80.4 cm³/mol. The molecule has 0 atom stereocenters. The number of benzene rings is 2. The summed E-state index contributed by atoms with van der Waals surface area (Å²) >= 11 is -3.58. The molecule has 2 aromatic carbocycles. The van der Waals surface area contributed by atoms with Gasteiger partial charge in [-0.15, -0.1) is 0 Å². The molecule has 114 valence electrons. The zero-order valence-electron chi connectivity index (χ0n) is 10.7. The van der Waals surface area contributed by atoms with E-state index >= 15 is 0 Å². The van der Waals surface area contributed by atoms with E-state index in [9.17, 15) is 26.4 Å². The van der Waals surface area contributed by atoms with Crippen molar-refractivity contribution in [1.82, 2.24) is 0 Å². The van der Waals surface area contributed by atoms with Crippen molar-refractivity contribution in [2.75, 3.05) is 0 Å². The summed E-state index contributed by atoms with van der Waals surface area (Å²) in [5, 5.41) is 21.6. The fourth-order valence-corrected chi connectivity index (χ4v) is 2.53. The highest BCUT2D eigenvalue weighted by molar-refractivity contribution is 14.2. The van der Waals surface area contributed by atoms with Crippen LogP contribution in [0.3, 0.4) is 0 Å². The van der Waals surface area contributed by atoms with E-state index in [4.69, 9.17) is 4.74 Å². The van der Waals surface area contributed by atoms with E-state index < -0.39 is 41.0 Å². The van der Waals surface area contributed by atoms with E-state index in [0.29, 0.717) is 0 Å². The number of non-ortho nitro benzene ring substituents is 1. The van der Waals surface area contributed by atoms with Crippen molar-refractivity contribution in [2.45, 2.75) is 0 Å². The van der Waals surface area contributed by atoms with E-state index in [0.717, 1.165) is 18.2 Å². The Labute approximate surface area is 130 Å². The molecule has 0 N–H and O–H groups in total. The molecule has 22 heavy (non-hydrogen) atoms. The minimum atomic E-state index is -3.58. The largest absolute Gasteiger partial charge is 0.450 e. The third-order valence-corrected chi connectivity index (χ3v) is 4.31. The van der Waals surface area contributed by atoms with Gasteiger partial charge in [-0.2, -0.15) is 0 Å². The van der Waals surface area contributed by atoms with Gasteiger partial charge in [-0.1, -0.05) is 0 Å². The number of ether oxygens (including phenoxy) is 1. The van der Waals surface area contributed by atoms with Gasteiger partial charge >= 0.3 is 25.5 Å². The molecule has 9 nitrogen and oxygen atoms in total. The van der Waals surface area contributed by atoms with Gasteiger partial charge in [0.25, 0.3) is 5.69 Å². The van der Waals surface area contributed by atoms with Crippen LogP contribution in [0.5, 0.6) is 11.5 Å². The molecule has 0 fully saturated rings. The van der Waals surface area contributed by atoms with Crippen LogP contribution in [0.1, 0.15) is 0 Å². The van der Waals surface area contributed by atoms with Gasteiger partial charge in [-0.3, -0.25) is 20.2 Å². The maximum Gasteiger partial charge on any atom is 0.340 e. The van der Waals surface area contributed by atoms with Crippen molar-refractivity contribution >= 4 is 31.2 Å². The molecule has 0 bridgehead atoms. The first-order chi connectivity index (χ1) is 10.4. The van der Waals surface area contributed by atoms with Gasteiger partial charge in [-0.05, 0) is 30.3 Å². The van der Waals surface area contributed by atoms with Gasteiger partial charge in [0, 0.05) is 6.07 Å². The Hall–Kier alpha value is -2.63. The Morgan fingerprint density at radius 3 is 2.05 bits per heavy atom. The molecule has 2 rings (SSSR count). The van der Waals surface area contributed by atoms with Gasteiger partial charge in [0.2, 0.25) is 5.75 Å². The normalized spacial score (nSPS) is 10.4. The number of halogens is 1. The third kappa shape index (κ3) is 3.52. The van der Waals surface area contributed by atoms with Crippen LogP contribution in [-0.4, -0.2) is 9.85 Å². The topological polar surface area (TPSA) is 130 Å². The lowest BCUT2D eigenvalue weighted by Gasteiger charge is -2.06. The molecule has 0 aliphatic rings. The van der Waals surface area contributed by atoms with Crippen molar-refractivity contribution in [2.24, 2.45) is 0 Å². The van der Waals surface area contributed by atoms with Crippen LogP contribution < -0.4 is 4.74 Å². The number of hydrogen-bond acceptors (Lipinski definition) is 7. The van der Waals surface area contributed by atoms with Gasteiger partial charge in [0.05, 0.1) is 19.5 Å². The molecule has 0 aliphatic carbocycles. The first kappa shape index (κ1) is 15.8. The second-order valence-corrected chi connectivity index (χ2v) is 6.43. The van der Waals surface area contributed by atoms with Crippen molar-refractivity contribution in [1.29, 1.82) is 0 Å². The van der Waals surface area contributed by atoms with Gasteiger partial charge in [0.15, 0.2) is 0 Å². The number of nitro groups is 2. The van der Waals surface area contributed by atoms with E-state index in [1.807, 2.05) is 0 Å². The molecule has 2 aromatic rings. The number of nitrogens with zero attached hydrogens (tertiary/aromatic N) is 2. The average molecular weight is 418 g/mol. The molecule has 0 radical (unpaired) electrons. The monoisotopic (exact) mass is 418 g/mol. The molecule has 0 aromatic heterocycles. The van der Waals surface area contributed by atoms with Gasteiger partial charge in [-0.25, -0.2) is 6.14 Å². The standard InChI is InChI=1S/C12H7IN2O7/c16-13(17)8-1-4-10(5-2-8)22-12-6-3-9(14(18)19)7-11(12)15(20)21/h1-7H. The first-order valence-corrected chi connectivity index (χ1v) is 8.48. The second kappa shape index (κ2) is 6.43. The van der Waals surface area contributed by atoms with Crippen LogP contribution in [0.15, 0.2) is 42.5 Å². The summed E-state index contributed by atoms with van der Waals surface area (Å²) in [7, 11) is 0. The van der Waals surface area contributed by atoms with E-state index in [1.54, 1.807) is 0 Å². The van der Waals surface area contributed by atoms with Crippen molar-refractivity contribution < 1.29 is 20.7 Å². The molecule has 0 saturated carbocycles. The minimum Gasteiger partial charge on any atom is -0.450 e. The lowest BCUT2D eigenvalue weighted by Crippen LogP contribution is -1.96. The molecular formula is C12H7IN2O7. The fraction of sp³-hybridized carbons (Fsp3) is 0. The maximum absolute atomic E-state index is 11.0. The van der Waals surface area contributed by atoms with Crippen molar-refractivity contribution in [3.63, 3.8) is 0 Å². The molecule has 0 aliphatic heterocycles. The highest BCUT2D eigenvalue weighted by atomic mass is 127. The van der Waals surface area contributed by atoms with Gasteiger partial charge < -0.3 is 4.74 Å². The molecule has 0 saturated heterocycles. The highest BCUT2D eigenvalue weighted by Crippen LogP contribution is 2.34. The van der Waals surface area contributed by atoms with Crippen LogP contribution in [-0.2, 0) is 6.14 Å². The van der Waals surface area contributed by atoms with Crippen LogP contribution in [0.2, 0.25) is 0 Å². The quantitative estimate of drug-likeness (QED) is 0.412. The van der Waals surface area contributed by atoms with Crippen LogP contribution >= 0.6 is 19.8 Å². The fourth-order valence-electron chi connectivity index (χ4n) is 1.58. The van der Waals surface area contributed by atoms with Crippen molar-refractivity contribution in [3.8, 4) is 11.5 Å². The van der Waals surface area contributed by atoms with E-state index in [1.165, 1.54) is 24.3 Å². The Morgan fingerprint density at radius 1 is 0.909 bits per heavy atom. The molecule has 10 heteroatoms. The summed E-state index contributed by atoms with van der Waals surface area (Å²) in [6.07, 6.45) is 0. The number of rotatable bonds is 5. The Balaban J connectivity index is 2.36. The number of nitro benzene ring substituents is 2. The average Bonchev–Trinajstić information content (AvgIpc) is 2.47. The van der Waals surface area contributed by atoms with Crippen molar-refractivity contribution in [3.05, 3.63) is 66.3 Å². The van der Waals surface area contributed by atoms with Gasteiger partial charge in [0.1, 0.15) is 5.75 Å². The summed E-state index contributed by atoms with van der Waals surface area (Å²) in [6.45, 7) is 0. The maximum atomic E-state index is 11.0. The Kier molecular flexibility index (Phi) is 4.60. The molecule has 0 amide bonds.